The van der Waals surface area contributed by atoms with Crippen molar-refractivity contribution in [3.05, 3.63) is 0 Å². The fourth-order valence-corrected chi connectivity index (χ4v) is 4.69. The van der Waals surface area contributed by atoms with Gasteiger partial charge in [0.2, 0.25) is 0 Å². The Morgan fingerprint density at radius 3 is 0.976 bits per heavy atom. The van der Waals surface area contributed by atoms with Gasteiger partial charge in [-0.15, -0.1) is 0 Å². The Kier molecular flexibility index (Phi) is 26.1. The number of hydrogen-bond donors (Lipinski definition) is 2. The van der Waals surface area contributed by atoms with Crippen molar-refractivity contribution >= 4 is 17.9 Å². The van der Waals surface area contributed by atoms with Gasteiger partial charge >= 0.3 is 23.9 Å². The lowest BCUT2D eigenvalue weighted by molar-refractivity contribution is -0.366. The fourth-order valence-electron chi connectivity index (χ4n) is 4.69. The molecule has 8 heteroatoms. The molecule has 41 heavy (non-hydrogen) atoms. The molecular formula is C33H62O8. The number of esters is 3. The van der Waals surface area contributed by atoms with Crippen LogP contribution in [0.15, 0.2) is 0 Å². The third kappa shape index (κ3) is 21.7. The average molecular weight is 587 g/mol. The van der Waals surface area contributed by atoms with Crippen molar-refractivity contribution in [2.75, 3.05) is 6.61 Å². The van der Waals surface area contributed by atoms with Crippen molar-refractivity contribution in [2.45, 2.75) is 187 Å². The smallest absolute Gasteiger partial charge is 0.393 e. The highest BCUT2D eigenvalue weighted by Gasteiger charge is 2.50. The lowest BCUT2D eigenvalue weighted by Gasteiger charge is -2.34. The summed E-state index contributed by atoms with van der Waals surface area (Å²) in [7, 11) is 0. The highest BCUT2D eigenvalue weighted by atomic mass is 16.9. The zero-order valence-electron chi connectivity index (χ0n) is 26.6. The predicted molar refractivity (Wildman–Crippen MR) is 162 cm³/mol. The van der Waals surface area contributed by atoms with E-state index in [4.69, 9.17) is 14.2 Å². The Hall–Kier alpha value is -1.67. The second-order valence-corrected chi connectivity index (χ2v) is 11.3. The second-order valence-electron chi connectivity index (χ2n) is 11.3. The largest absolute Gasteiger partial charge is 0.453 e. The van der Waals surface area contributed by atoms with Gasteiger partial charge in [-0.05, 0) is 19.3 Å². The van der Waals surface area contributed by atoms with E-state index in [-0.39, 0.29) is 19.3 Å². The van der Waals surface area contributed by atoms with Gasteiger partial charge in [-0.25, -0.2) is 0 Å². The van der Waals surface area contributed by atoms with Gasteiger partial charge in [0.1, 0.15) is 0 Å². The van der Waals surface area contributed by atoms with Crippen molar-refractivity contribution < 1.29 is 38.8 Å². The highest BCUT2D eigenvalue weighted by molar-refractivity contribution is 5.74. The molecule has 0 aromatic heterocycles. The molecule has 1 atom stereocenters. The highest BCUT2D eigenvalue weighted by Crippen LogP contribution is 2.25. The molecule has 0 aliphatic rings. The molecule has 1 unspecified atom stereocenters. The maximum absolute atomic E-state index is 12.8. The minimum absolute atomic E-state index is 0.0261. The summed E-state index contributed by atoms with van der Waals surface area (Å²) >= 11 is 0. The fraction of sp³-hybridized carbons (Fsp3) is 0.909. The summed E-state index contributed by atoms with van der Waals surface area (Å²) < 4.78 is 16.2. The lowest BCUT2D eigenvalue weighted by atomic mass is 10.1. The van der Waals surface area contributed by atoms with E-state index in [1.165, 1.54) is 19.3 Å². The third-order valence-corrected chi connectivity index (χ3v) is 7.30. The van der Waals surface area contributed by atoms with E-state index in [1.807, 2.05) is 0 Å². The van der Waals surface area contributed by atoms with E-state index in [9.17, 15) is 24.6 Å². The minimum atomic E-state index is -2.69. The number of aliphatic hydroxyl groups excluding tert-OH is 2. The maximum atomic E-state index is 12.8. The van der Waals surface area contributed by atoms with Crippen LogP contribution in [0.1, 0.15) is 175 Å². The molecular weight excluding hydrogens is 524 g/mol. The molecule has 2 N–H and O–H groups in total. The number of ether oxygens (including phenoxy) is 3. The molecule has 0 heterocycles. The van der Waals surface area contributed by atoms with Crippen LogP contribution in [0.2, 0.25) is 0 Å². The molecule has 0 saturated carbocycles. The summed E-state index contributed by atoms with van der Waals surface area (Å²) in [6.07, 6.45) is 19.2. The van der Waals surface area contributed by atoms with Gasteiger partial charge in [0, 0.05) is 19.3 Å². The first kappa shape index (κ1) is 39.3. The van der Waals surface area contributed by atoms with Gasteiger partial charge in [-0.2, -0.15) is 0 Å². The second kappa shape index (κ2) is 27.2. The number of rotatable bonds is 29. The van der Waals surface area contributed by atoms with Crippen molar-refractivity contribution in [3.8, 4) is 0 Å². The molecule has 0 aliphatic carbocycles. The molecule has 0 aromatic rings. The Bertz CT molecular complexity index is 572. The number of aliphatic hydroxyl groups is 2. The molecule has 242 valence electrons. The van der Waals surface area contributed by atoms with Crippen molar-refractivity contribution in [1.29, 1.82) is 0 Å². The Morgan fingerprint density at radius 2 is 0.732 bits per heavy atom. The zero-order chi connectivity index (χ0) is 30.6. The Balaban J connectivity index is 5.13. The number of carbonyl (C=O) groups excluding carboxylic acids is 3. The first-order valence-electron chi connectivity index (χ1n) is 16.8. The van der Waals surface area contributed by atoms with Gasteiger partial charge < -0.3 is 24.4 Å². The summed E-state index contributed by atoms with van der Waals surface area (Å²) in [4.78, 5) is 38.3. The summed E-state index contributed by atoms with van der Waals surface area (Å²) in [6.45, 7) is 5.56. The monoisotopic (exact) mass is 586 g/mol. The number of hydrogen-bond acceptors (Lipinski definition) is 8. The summed E-state index contributed by atoms with van der Waals surface area (Å²) in [5, 5.41) is 20.3. The van der Waals surface area contributed by atoms with Crippen LogP contribution in [0.5, 0.6) is 0 Å². The quantitative estimate of drug-likeness (QED) is 0.0513. The van der Waals surface area contributed by atoms with E-state index in [1.54, 1.807) is 0 Å². The normalized spacial score (nSPS) is 12.2. The Labute approximate surface area is 250 Å². The van der Waals surface area contributed by atoms with Crippen LogP contribution < -0.4 is 0 Å². The molecule has 0 fully saturated rings. The third-order valence-electron chi connectivity index (χ3n) is 7.30. The minimum Gasteiger partial charge on any atom is -0.393 e. The van der Waals surface area contributed by atoms with E-state index in [0.29, 0.717) is 19.3 Å². The Morgan fingerprint density at radius 1 is 0.488 bits per heavy atom. The number of carbonyl (C=O) groups is 3. The van der Waals surface area contributed by atoms with E-state index in [0.717, 1.165) is 96.3 Å². The van der Waals surface area contributed by atoms with Crippen LogP contribution in [-0.2, 0) is 28.6 Å². The molecule has 0 amide bonds. The standard InChI is InChI=1S/C33H62O8/c1-4-7-10-13-16-19-22-25-30(36)39-33(29(35)28-34,40-31(37)26-23-20-17-14-11-8-5-2)41-32(38)27-24-21-18-15-12-9-6-3/h29,34-35H,4-28H2,1-3H3. The first-order chi connectivity index (χ1) is 19.8. The van der Waals surface area contributed by atoms with E-state index >= 15 is 0 Å². The van der Waals surface area contributed by atoms with E-state index in [2.05, 4.69) is 20.8 Å². The van der Waals surface area contributed by atoms with Gasteiger partial charge in [-0.3, -0.25) is 14.4 Å². The van der Waals surface area contributed by atoms with Crippen LogP contribution in [0, 0.1) is 0 Å². The first-order valence-corrected chi connectivity index (χ1v) is 16.8. The van der Waals surface area contributed by atoms with Crippen LogP contribution in [0.3, 0.4) is 0 Å². The summed E-state index contributed by atoms with van der Waals surface area (Å²) in [5.41, 5.74) is 0. The van der Waals surface area contributed by atoms with Gasteiger partial charge in [-0.1, -0.05) is 136 Å². The van der Waals surface area contributed by atoms with E-state index < -0.39 is 36.6 Å². The van der Waals surface area contributed by atoms with Crippen molar-refractivity contribution in [2.24, 2.45) is 0 Å². The van der Waals surface area contributed by atoms with Crippen LogP contribution in [-0.4, -0.2) is 46.8 Å². The molecule has 8 nitrogen and oxygen atoms in total. The zero-order valence-corrected chi connectivity index (χ0v) is 26.6. The number of unbranched alkanes of at least 4 members (excludes halogenated alkanes) is 18. The van der Waals surface area contributed by atoms with Crippen molar-refractivity contribution in [3.63, 3.8) is 0 Å². The summed E-state index contributed by atoms with van der Waals surface area (Å²) in [5.74, 6) is -4.95. The molecule has 0 radical (unpaired) electrons. The SMILES string of the molecule is CCCCCCCCCC(=O)OC(OC(=O)CCCCCCCCC)(OC(=O)CCCCCCCCC)C(O)CO. The van der Waals surface area contributed by atoms with Gasteiger partial charge in [0.05, 0.1) is 6.61 Å². The van der Waals surface area contributed by atoms with Gasteiger partial charge in [0.25, 0.3) is 0 Å². The molecule has 0 saturated heterocycles. The predicted octanol–water partition coefficient (Wildman–Crippen LogP) is 8.05. The molecule has 0 aromatic carbocycles. The lowest BCUT2D eigenvalue weighted by Crippen LogP contribution is -2.55. The maximum Gasteiger partial charge on any atom is 0.453 e. The molecule has 0 spiro atoms. The van der Waals surface area contributed by atoms with Crippen LogP contribution >= 0.6 is 0 Å². The molecule has 0 aliphatic heterocycles. The van der Waals surface area contributed by atoms with Gasteiger partial charge in [0.15, 0.2) is 6.10 Å². The average Bonchev–Trinajstić information content (AvgIpc) is 2.95. The van der Waals surface area contributed by atoms with Crippen molar-refractivity contribution in [1.82, 2.24) is 0 Å². The van der Waals surface area contributed by atoms with Crippen LogP contribution in [0.25, 0.3) is 0 Å². The molecule has 0 bridgehead atoms. The van der Waals surface area contributed by atoms with Crippen LogP contribution in [0.4, 0.5) is 0 Å². The topological polar surface area (TPSA) is 119 Å². The summed E-state index contributed by atoms with van der Waals surface area (Å²) in [6, 6.07) is 0. The molecule has 0 rings (SSSR count).